The first-order valence-electron chi connectivity index (χ1n) is 10.8. The van der Waals surface area contributed by atoms with Gasteiger partial charge in [0.05, 0.1) is 17.9 Å². The lowest BCUT2D eigenvalue weighted by Crippen LogP contribution is -2.48. The van der Waals surface area contributed by atoms with Crippen molar-refractivity contribution in [2.75, 3.05) is 24.5 Å². The molecule has 1 atom stereocenters. The van der Waals surface area contributed by atoms with Crippen LogP contribution in [-0.2, 0) is 6.54 Å². The van der Waals surface area contributed by atoms with Crippen LogP contribution in [-0.4, -0.2) is 35.9 Å². The molecule has 0 aromatic heterocycles. The van der Waals surface area contributed by atoms with E-state index in [1.54, 1.807) is 12.1 Å². The van der Waals surface area contributed by atoms with E-state index in [4.69, 9.17) is 5.73 Å². The van der Waals surface area contributed by atoms with Crippen molar-refractivity contribution in [3.63, 3.8) is 0 Å². The highest BCUT2D eigenvalue weighted by atomic mass is 32.1. The highest BCUT2D eigenvalue weighted by molar-refractivity contribution is 7.80. The number of hydrazone groups is 1. The fourth-order valence-corrected chi connectivity index (χ4v) is 4.16. The predicted octanol–water partition coefficient (Wildman–Crippen LogP) is 4.33. The van der Waals surface area contributed by atoms with Gasteiger partial charge >= 0.3 is 0 Å². The summed E-state index contributed by atoms with van der Waals surface area (Å²) in [5.74, 6) is -1.42. The fourth-order valence-electron chi connectivity index (χ4n) is 4.10. The molecule has 0 unspecified atom stereocenters. The standard InChI is InChI=1S/C25H24F3N5S/c26-20-8-6-17(7-9-20)15-32-10-11-33(16-24(32)18-4-2-1-3-5-18)23-13-21(27)19(12-22(23)28)14-30-31-25(29)34/h1-9,12-14,24H,10-11,15-16H2,(H3,29,31,34)/b30-14+/t24-/m0/s1. The van der Waals surface area contributed by atoms with Gasteiger partial charge in [0.25, 0.3) is 0 Å². The second-order valence-electron chi connectivity index (χ2n) is 8.03. The molecule has 3 aromatic rings. The van der Waals surface area contributed by atoms with Gasteiger partial charge < -0.3 is 10.6 Å². The maximum absolute atomic E-state index is 15.0. The fraction of sp³-hybridized carbons (Fsp3) is 0.200. The molecule has 4 rings (SSSR count). The number of halogens is 3. The van der Waals surface area contributed by atoms with Crippen LogP contribution >= 0.6 is 12.2 Å². The predicted molar refractivity (Wildman–Crippen MR) is 132 cm³/mol. The van der Waals surface area contributed by atoms with Crippen molar-refractivity contribution in [1.29, 1.82) is 0 Å². The number of benzene rings is 3. The van der Waals surface area contributed by atoms with Crippen LogP contribution in [0, 0.1) is 17.5 Å². The van der Waals surface area contributed by atoms with E-state index >= 15 is 4.39 Å². The van der Waals surface area contributed by atoms with Crippen molar-refractivity contribution < 1.29 is 13.2 Å². The van der Waals surface area contributed by atoms with E-state index in [0.717, 1.165) is 23.4 Å². The molecule has 176 valence electrons. The second-order valence-corrected chi connectivity index (χ2v) is 8.47. The number of rotatable bonds is 6. The minimum absolute atomic E-state index is 0.0143. The van der Waals surface area contributed by atoms with Gasteiger partial charge in [-0.3, -0.25) is 10.3 Å². The summed E-state index contributed by atoms with van der Waals surface area (Å²) in [5.41, 5.74) is 9.85. The van der Waals surface area contributed by atoms with E-state index in [0.29, 0.717) is 26.2 Å². The first-order valence-corrected chi connectivity index (χ1v) is 11.2. The Hall–Kier alpha value is -3.43. The highest BCUT2D eigenvalue weighted by Gasteiger charge is 2.30. The summed E-state index contributed by atoms with van der Waals surface area (Å²) in [5, 5.41) is 3.63. The van der Waals surface area contributed by atoms with Crippen LogP contribution in [0.25, 0.3) is 0 Å². The van der Waals surface area contributed by atoms with Crippen LogP contribution in [0.1, 0.15) is 22.7 Å². The van der Waals surface area contributed by atoms with Crippen molar-refractivity contribution in [1.82, 2.24) is 10.3 Å². The first kappa shape index (κ1) is 23.7. The lowest BCUT2D eigenvalue weighted by Gasteiger charge is -2.43. The highest BCUT2D eigenvalue weighted by Crippen LogP contribution is 2.32. The molecule has 34 heavy (non-hydrogen) atoms. The third-order valence-electron chi connectivity index (χ3n) is 5.76. The van der Waals surface area contributed by atoms with Gasteiger partial charge in [0.2, 0.25) is 0 Å². The Bertz CT molecular complexity index is 1170. The smallest absolute Gasteiger partial charge is 0.184 e. The van der Waals surface area contributed by atoms with Crippen LogP contribution in [0.15, 0.2) is 71.8 Å². The van der Waals surface area contributed by atoms with Crippen molar-refractivity contribution >= 4 is 29.2 Å². The number of nitrogens with zero attached hydrogens (tertiary/aromatic N) is 3. The van der Waals surface area contributed by atoms with E-state index in [9.17, 15) is 8.78 Å². The molecular weight excluding hydrogens is 459 g/mol. The molecule has 0 aliphatic carbocycles. The number of anilines is 1. The molecule has 0 radical (unpaired) electrons. The molecule has 1 aliphatic heterocycles. The third kappa shape index (κ3) is 5.73. The van der Waals surface area contributed by atoms with E-state index in [1.165, 1.54) is 18.2 Å². The largest absolute Gasteiger partial charge is 0.375 e. The van der Waals surface area contributed by atoms with E-state index in [2.05, 4.69) is 27.6 Å². The summed E-state index contributed by atoms with van der Waals surface area (Å²) >= 11 is 4.64. The van der Waals surface area contributed by atoms with Crippen LogP contribution in [0.3, 0.4) is 0 Å². The van der Waals surface area contributed by atoms with Gasteiger partial charge in [0.1, 0.15) is 17.5 Å². The quantitative estimate of drug-likeness (QED) is 0.311. The Morgan fingerprint density at radius 1 is 1.03 bits per heavy atom. The number of hydrogen-bond donors (Lipinski definition) is 2. The average molecular weight is 484 g/mol. The zero-order valence-electron chi connectivity index (χ0n) is 18.3. The summed E-state index contributed by atoms with van der Waals surface area (Å²) < 4.78 is 43.1. The zero-order chi connectivity index (χ0) is 24.1. The summed E-state index contributed by atoms with van der Waals surface area (Å²) in [4.78, 5) is 4.13. The van der Waals surface area contributed by atoms with Crippen LogP contribution in [0.5, 0.6) is 0 Å². The van der Waals surface area contributed by atoms with Gasteiger partial charge in [-0.1, -0.05) is 42.5 Å². The van der Waals surface area contributed by atoms with Gasteiger partial charge in [-0.15, -0.1) is 0 Å². The zero-order valence-corrected chi connectivity index (χ0v) is 19.1. The van der Waals surface area contributed by atoms with Gasteiger partial charge in [-0.05, 0) is 41.5 Å². The minimum atomic E-state index is -0.602. The van der Waals surface area contributed by atoms with Gasteiger partial charge in [0, 0.05) is 37.8 Å². The van der Waals surface area contributed by atoms with Crippen molar-refractivity contribution in [3.8, 4) is 0 Å². The minimum Gasteiger partial charge on any atom is -0.375 e. The SMILES string of the molecule is NC(=S)N/N=C/c1cc(F)c(N2CCN(Cc3ccc(F)cc3)[C@H](c3ccccc3)C2)cc1F. The molecule has 1 aliphatic rings. The Labute approximate surface area is 201 Å². The Morgan fingerprint density at radius 2 is 1.76 bits per heavy atom. The van der Waals surface area contributed by atoms with E-state index in [-0.39, 0.29) is 28.2 Å². The maximum Gasteiger partial charge on any atom is 0.184 e. The van der Waals surface area contributed by atoms with Crippen molar-refractivity contribution in [2.24, 2.45) is 10.8 Å². The molecule has 3 N–H and O–H groups in total. The molecule has 1 fully saturated rings. The Balaban J connectivity index is 1.57. The number of hydrogen-bond acceptors (Lipinski definition) is 4. The van der Waals surface area contributed by atoms with E-state index in [1.807, 2.05) is 35.2 Å². The molecule has 1 saturated heterocycles. The summed E-state index contributed by atoms with van der Waals surface area (Å²) in [6, 6.07) is 18.6. The number of nitrogens with two attached hydrogens (primary N) is 1. The monoisotopic (exact) mass is 483 g/mol. The molecule has 9 heteroatoms. The Kier molecular flexibility index (Phi) is 7.44. The molecular formula is C25H24F3N5S. The molecule has 0 amide bonds. The molecule has 0 bridgehead atoms. The van der Waals surface area contributed by atoms with Gasteiger partial charge in [-0.25, -0.2) is 13.2 Å². The topological polar surface area (TPSA) is 56.9 Å². The molecule has 0 spiro atoms. The van der Waals surface area contributed by atoms with Crippen LogP contribution in [0.4, 0.5) is 18.9 Å². The average Bonchev–Trinajstić information content (AvgIpc) is 2.83. The Morgan fingerprint density at radius 3 is 2.47 bits per heavy atom. The van der Waals surface area contributed by atoms with Gasteiger partial charge in [0.15, 0.2) is 5.11 Å². The lowest BCUT2D eigenvalue weighted by atomic mass is 10.0. The van der Waals surface area contributed by atoms with Crippen molar-refractivity contribution in [2.45, 2.75) is 12.6 Å². The van der Waals surface area contributed by atoms with Crippen molar-refractivity contribution in [3.05, 3.63) is 101 Å². The van der Waals surface area contributed by atoms with Crippen LogP contribution in [0.2, 0.25) is 0 Å². The lowest BCUT2D eigenvalue weighted by molar-refractivity contribution is 0.168. The summed E-state index contributed by atoms with van der Waals surface area (Å²) in [7, 11) is 0. The van der Waals surface area contributed by atoms with Gasteiger partial charge in [-0.2, -0.15) is 5.10 Å². The number of thiocarbonyl (C=S) groups is 1. The summed E-state index contributed by atoms with van der Waals surface area (Å²) in [6.45, 7) is 2.23. The number of nitrogens with one attached hydrogen (secondary N) is 1. The molecule has 5 nitrogen and oxygen atoms in total. The maximum atomic E-state index is 15.0. The summed E-state index contributed by atoms with van der Waals surface area (Å²) in [6.07, 6.45) is 1.13. The molecule has 0 saturated carbocycles. The molecule has 1 heterocycles. The normalized spacial score (nSPS) is 16.7. The second kappa shape index (κ2) is 10.7. The van der Waals surface area contributed by atoms with E-state index < -0.39 is 11.6 Å². The number of piperazine rings is 1. The third-order valence-corrected chi connectivity index (χ3v) is 5.85. The first-order chi connectivity index (χ1) is 16.4. The van der Waals surface area contributed by atoms with Crippen LogP contribution < -0.4 is 16.1 Å². The molecule has 3 aromatic carbocycles.